The minimum absolute atomic E-state index is 0.0793. The highest BCUT2D eigenvalue weighted by molar-refractivity contribution is 5.83. The summed E-state index contributed by atoms with van der Waals surface area (Å²) < 4.78 is 5.71. The minimum Gasteiger partial charge on any atom is -0.480 e. The monoisotopic (exact) mass is 282 g/mol. The van der Waals surface area contributed by atoms with Crippen LogP contribution >= 0.6 is 0 Å². The number of rotatable bonds is 4. The molecule has 20 heavy (non-hydrogen) atoms. The van der Waals surface area contributed by atoms with Crippen molar-refractivity contribution >= 4 is 12.0 Å². The number of carbonyl (C=O) groups excluding carboxylic acids is 1. The van der Waals surface area contributed by atoms with Gasteiger partial charge in [0.05, 0.1) is 18.8 Å². The molecule has 2 N–H and O–H groups in total. The van der Waals surface area contributed by atoms with Crippen molar-refractivity contribution in [1.29, 1.82) is 0 Å². The Balaban J connectivity index is 1.99. The van der Waals surface area contributed by atoms with Gasteiger partial charge in [-0.2, -0.15) is 0 Å². The van der Waals surface area contributed by atoms with Crippen LogP contribution in [0.1, 0.15) is 32.1 Å². The summed E-state index contributed by atoms with van der Waals surface area (Å²) in [6.07, 6.45) is 5.95. The third-order valence-corrected chi connectivity index (χ3v) is 3.99. The molecule has 0 radical (unpaired) electrons. The third kappa shape index (κ3) is 3.30. The fourth-order valence-corrected chi connectivity index (χ4v) is 2.97. The van der Waals surface area contributed by atoms with Gasteiger partial charge in [0.15, 0.2) is 0 Å². The first-order chi connectivity index (χ1) is 9.63. The van der Waals surface area contributed by atoms with E-state index in [9.17, 15) is 9.59 Å². The third-order valence-electron chi connectivity index (χ3n) is 3.99. The normalized spacial score (nSPS) is 27.3. The van der Waals surface area contributed by atoms with Crippen molar-refractivity contribution in [2.24, 2.45) is 0 Å². The molecule has 1 aliphatic carbocycles. The molecule has 0 spiro atoms. The van der Waals surface area contributed by atoms with Gasteiger partial charge in [-0.05, 0) is 19.3 Å². The number of amides is 2. The van der Waals surface area contributed by atoms with Crippen LogP contribution in [-0.4, -0.2) is 53.3 Å². The number of fused-ring (bicyclic) bond motifs is 1. The quantitative estimate of drug-likeness (QED) is 0.763. The van der Waals surface area contributed by atoms with Crippen molar-refractivity contribution in [3.63, 3.8) is 0 Å². The first-order valence-corrected chi connectivity index (χ1v) is 7.16. The highest BCUT2D eigenvalue weighted by Gasteiger charge is 2.37. The maximum absolute atomic E-state index is 12.3. The summed E-state index contributed by atoms with van der Waals surface area (Å²) in [5.74, 6) is -1.04. The molecule has 0 bridgehead atoms. The zero-order valence-electron chi connectivity index (χ0n) is 11.6. The van der Waals surface area contributed by atoms with Crippen molar-refractivity contribution in [2.45, 2.75) is 50.3 Å². The van der Waals surface area contributed by atoms with Crippen LogP contribution in [0.5, 0.6) is 0 Å². The van der Waals surface area contributed by atoms with Crippen molar-refractivity contribution in [1.82, 2.24) is 10.2 Å². The van der Waals surface area contributed by atoms with E-state index in [-0.39, 0.29) is 24.6 Å². The number of ether oxygens (including phenoxy) is 1. The molecule has 6 nitrogen and oxygen atoms in total. The van der Waals surface area contributed by atoms with E-state index in [2.05, 4.69) is 11.9 Å². The van der Waals surface area contributed by atoms with Crippen LogP contribution in [0.25, 0.3) is 0 Å². The van der Waals surface area contributed by atoms with Crippen molar-refractivity contribution < 1.29 is 19.4 Å². The maximum atomic E-state index is 12.3. The molecule has 0 aromatic rings. The van der Waals surface area contributed by atoms with Crippen LogP contribution < -0.4 is 5.32 Å². The summed E-state index contributed by atoms with van der Waals surface area (Å²) in [5.41, 5.74) is 0. The van der Waals surface area contributed by atoms with Gasteiger partial charge in [-0.25, -0.2) is 9.59 Å². The van der Waals surface area contributed by atoms with E-state index in [1.807, 2.05) is 0 Å². The SMILES string of the molecule is C=CCC(NC(=O)N1CCOC2CCCCC21)C(=O)O. The smallest absolute Gasteiger partial charge is 0.326 e. The van der Waals surface area contributed by atoms with E-state index in [1.54, 1.807) is 4.90 Å². The number of nitrogens with zero attached hydrogens (tertiary/aromatic N) is 1. The highest BCUT2D eigenvalue weighted by Crippen LogP contribution is 2.28. The van der Waals surface area contributed by atoms with E-state index in [0.717, 1.165) is 25.7 Å². The number of aliphatic carboxylic acids is 1. The summed E-state index contributed by atoms with van der Waals surface area (Å²) in [6, 6.07) is -1.14. The van der Waals surface area contributed by atoms with Crippen LogP contribution in [0.4, 0.5) is 4.79 Å². The van der Waals surface area contributed by atoms with E-state index in [1.165, 1.54) is 6.08 Å². The molecule has 2 fully saturated rings. The minimum atomic E-state index is -1.04. The number of carbonyl (C=O) groups is 2. The van der Waals surface area contributed by atoms with Gasteiger partial charge in [0.25, 0.3) is 0 Å². The first kappa shape index (κ1) is 14.8. The molecule has 2 aliphatic rings. The second-order valence-corrected chi connectivity index (χ2v) is 5.32. The van der Waals surface area contributed by atoms with Gasteiger partial charge in [0.1, 0.15) is 6.04 Å². The van der Waals surface area contributed by atoms with Gasteiger partial charge in [0.2, 0.25) is 0 Å². The van der Waals surface area contributed by atoms with Gasteiger partial charge in [0, 0.05) is 6.54 Å². The fourth-order valence-electron chi connectivity index (χ4n) is 2.97. The Morgan fingerprint density at radius 2 is 2.20 bits per heavy atom. The van der Waals surface area contributed by atoms with Gasteiger partial charge in [-0.1, -0.05) is 18.9 Å². The average molecular weight is 282 g/mol. The number of morpholine rings is 1. The Labute approximate surface area is 118 Å². The van der Waals surface area contributed by atoms with Crippen molar-refractivity contribution in [2.75, 3.05) is 13.2 Å². The Bertz CT molecular complexity index is 383. The van der Waals surface area contributed by atoms with Crippen molar-refractivity contribution in [3.8, 4) is 0 Å². The molecule has 3 atom stereocenters. The molecule has 1 saturated carbocycles. The second kappa shape index (κ2) is 6.74. The average Bonchev–Trinajstić information content (AvgIpc) is 2.46. The molecule has 0 aromatic carbocycles. The van der Waals surface area contributed by atoms with Gasteiger partial charge >= 0.3 is 12.0 Å². The number of hydrogen-bond donors (Lipinski definition) is 2. The zero-order valence-corrected chi connectivity index (χ0v) is 11.6. The van der Waals surface area contributed by atoms with E-state index in [0.29, 0.717) is 13.2 Å². The second-order valence-electron chi connectivity index (χ2n) is 5.32. The molecule has 112 valence electrons. The van der Waals surface area contributed by atoms with Crippen LogP contribution in [0.15, 0.2) is 12.7 Å². The number of hydrogen-bond acceptors (Lipinski definition) is 3. The zero-order chi connectivity index (χ0) is 14.5. The summed E-state index contributed by atoms with van der Waals surface area (Å²) in [6.45, 7) is 4.56. The van der Waals surface area contributed by atoms with E-state index in [4.69, 9.17) is 9.84 Å². The van der Waals surface area contributed by atoms with Gasteiger partial charge in [-0.15, -0.1) is 6.58 Å². The Kier molecular flexibility index (Phi) is 5.00. The maximum Gasteiger partial charge on any atom is 0.326 e. The summed E-state index contributed by atoms with van der Waals surface area (Å²) in [4.78, 5) is 25.1. The van der Waals surface area contributed by atoms with Crippen LogP contribution in [0, 0.1) is 0 Å². The van der Waals surface area contributed by atoms with Gasteiger partial charge < -0.3 is 20.1 Å². The Hall–Kier alpha value is -1.56. The molecule has 6 heteroatoms. The number of urea groups is 1. The topological polar surface area (TPSA) is 78.9 Å². The lowest BCUT2D eigenvalue weighted by Crippen LogP contribution is -2.59. The predicted octanol–water partition coefficient (Wildman–Crippen LogP) is 1.37. The standard InChI is InChI=1S/C14H22N2O4/c1-2-5-10(13(17)18)15-14(19)16-8-9-20-12-7-4-3-6-11(12)16/h2,10-12H,1,3-9H2,(H,15,19)(H,17,18). The van der Waals surface area contributed by atoms with Crippen LogP contribution in [-0.2, 0) is 9.53 Å². The molecular weight excluding hydrogens is 260 g/mol. The largest absolute Gasteiger partial charge is 0.480 e. The Morgan fingerprint density at radius 3 is 2.90 bits per heavy atom. The van der Waals surface area contributed by atoms with Crippen molar-refractivity contribution in [3.05, 3.63) is 12.7 Å². The Morgan fingerprint density at radius 1 is 1.45 bits per heavy atom. The van der Waals surface area contributed by atoms with Crippen LogP contribution in [0.3, 0.4) is 0 Å². The molecule has 1 aliphatic heterocycles. The lowest BCUT2D eigenvalue weighted by Gasteiger charge is -2.43. The molecule has 1 heterocycles. The lowest BCUT2D eigenvalue weighted by atomic mass is 9.90. The first-order valence-electron chi connectivity index (χ1n) is 7.16. The lowest BCUT2D eigenvalue weighted by molar-refractivity contribution is -0.139. The van der Waals surface area contributed by atoms with E-state index >= 15 is 0 Å². The summed E-state index contributed by atoms with van der Waals surface area (Å²) in [5, 5.41) is 11.7. The molecule has 0 aromatic heterocycles. The molecule has 2 amide bonds. The molecular formula is C14H22N2O4. The highest BCUT2D eigenvalue weighted by atomic mass is 16.5. The van der Waals surface area contributed by atoms with Gasteiger partial charge in [-0.3, -0.25) is 0 Å². The number of carboxylic acid groups (broad SMARTS) is 1. The number of carboxylic acids is 1. The summed E-state index contributed by atoms with van der Waals surface area (Å²) in [7, 11) is 0. The molecule has 1 saturated heterocycles. The fraction of sp³-hybridized carbons (Fsp3) is 0.714. The number of nitrogens with one attached hydrogen (secondary N) is 1. The molecule has 2 rings (SSSR count). The van der Waals surface area contributed by atoms with E-state index < -0.39 is 12.0 Å². The van der Waals surface area contributed by atoms with Crippen LogP contribution in [0.2, 0.25) is 0 Å². The molecule has 3 unspecified atom stereocenters. The summed E-state index contributed by atoms with van der Waals surface area (Å²) >= 11 is 0. The predicted molar refractivity (Wildman–Crippen MR) is 73.5 cm³/mol.